The van der Waals surface area contributed by atoms with Gasteiger partial charge in [-0.15, -0.1) is 0 Å². The predicted molar refractivity (Wildman–Crippen MR) is 161 cm³/mol. The Labute approximate surface area is 254 Å². The van der Waals surface area contributed by atoms with Crippen molar-refractivity contribution >= 4 is 23.2 Å². The number of amides is 1. The molecule has 0 radical (unpaired) electrons. The molecule has 0 aliphatic heterocycles. The van der Waals surface area contributed by atoms with E-state index in [4.69, 9.17) is 11.0 Å². The number of phenolic OH excluding ortho intramolecular Hbond substituents is 1. The monoisotopic (exact) mass is 600 g/mol. The first-order valence-electron chi connectivity index (χ1n) is 14.6. The molecule has 2 aromatic carbocycles. The standard InChI is InChI=1S/C33H36N4O7/c1-4-17-7-6-16(15-36-11-5-10-34)12-20(17)19-8-9-23(38)25-21(19)13-18-14-22-27(37(2)3)29(40)26(32(35)43)31(42)33(22,44)30(41)24(18)28(25)39/h6-9,12,18,22,27,36,38-39,42,44H,4-5,11,13-15H2,1-3H3,(H2,35,43). The number of aliphatic hydroxyl groups excluding tert-OH is 2. The van der Waals surface area contributed by atoms with Crippen molar-refractivity contribution in [3.63, 3.8) is 0 Å². The van der Waals surface area contributed by atoms with Crippen LogP contribution in [0, 0.1) is 23.2 Å². The number of aryl methyl sites for hydroxylation is 1. The third kappa shape index (κ3) is 4.66. The van der Waals surface area contributed by atoms with Crippen molar-refractivity contribution in [1.82, 2.24) is 10.2 Å². The second kappa shape index (κ2) is 11.5. The number of aromatic hydroxyl groups is 1. The van der Waals surface area contributed by atoms with Crippen LogP contribution in [0.1, 0.15) is 42.0 Å². The van der Waals surface area contributed by atoms with Crippen molar-refractivity contribution in [3.8, 4) is 22.9 Å². The molecule has 0 spiro atoms. The van der Waals surface area contributed by atoms with Crippen molar-refractivity contribution in [3.05, 3.63) is 69.5 Å². The molecule has 5 rings (SSSR count). The molecule has 1 saturated carbocycles. The van der Waals surface area contributed by atoms with E-state index in [9.17, 15) is 34.8 Å². The van der Waals surface area contributed by atoms with E-state index in [2.05, 4.69) is 11.4 Å². The van der Waals surface area contributed by atoms with Crippen molar-refractivity contribution in [2.75, 3.05) is 20.6 Å². The number of aliphatic hydroxyl groups is 3. The number of carbonyl (C=O) groups excluding carboxylic acids is 3. The van der Waals surface area contributed by atoms with Gasteiger partial charge in [-0.2, -0.15) is 5.26 Å². The van der Waals surface area contributed by atoms with Crippen molar-refractivity contribution in [2.24, 2.45) is 17.6 Å². The maximum absolute atomic E-state index is 14.1. The van der Waals surface area contributed by atoms with Gasteiger partial charge in [-0.25, -0.2) is 0 Å². The van der Waals surface area contributed by atoms with Gasteiger partial charge in [0.05, 0.1) is 17.7 Å². The number of nitrogens with two attached hydrogens (primary N) is 1. The van der Waals surface area contributed by atoms with Gasteiger partial charge in [0.1, 0.15) is 22.8 Å². The van der Waals surface area contributed by atoms with E-state index >= 15 is 0 Å². The molecule has 7 N–H and O–H groups in total. The number of nitriles is 1. The van der Waals surface area contributed by atoms with E-state index in [1.54, 1.807) is 20.2 Å². The molecular weight excluding hydrogens is 564 g/mol. The van der Waals surface area contributed by atoms with Gasteiger partial charge in [0.2, 0.25) is 5.78 Å². The summed E-state index contributed by atoms with van der Waals surface area (Å²) >= 11 is 0. The summed E-state index contributed by atoms with van der Waals surface area (Å²) in [5.74, 6) is -6.80. The van der Waals surface area contributed by atoms with Crippen LogP contribution in [0.2, 0.25) is 0 Å². The third-order valence-corrected chi connectivity index (χ3v) is 9.19. The summed E-state index contributed by atoms with van der Waals surface area (Å²) < 4.78 is 0. The zero-order chi connectivity index (χ0) is 32.1. The van der Waals surface area contributed by atoms with E-state index in [1.807, 2.05) is 25.1 Å². The van der Waals surface area contributed by atoms with Crippen LogP contribution in [-0.4, -0.2) is 75.1 Å². The Bertz CT molecular complexity index is 1690. The number of Topliss-reactive ketones (excluding diaryl/α,β-unsaturated/α-hetero) is 2. The summed E-state index contributed by atoms with van der Waals surface area (Å²) in [5.41, 5.74) is 6.01. The molecule has 0 saturated heterocycles. The quantitative estimate of drug-likeness (QED) is 0.193. The van der Waals surface area contributed by atoms with Gasteiger partial charge in [0.25, 0.3) is 5.91 Å². The fourth-order valence-corrected chi connectivity index (χ4v) is 7.17. The molecule has 3 aliphatic rings. The van der Waals surface area contributed by atoms with Crippen molar-refractivity contribution < 1.29 is 34.8 Å². The molecule has 230 valence electrons. The van der Waals surface area contributed by atoms with E-state index in [0.29, 0.717) is 31.5 Å². The van der Waals surface area contributed by atoms with Crippen LogP contribution in [0.5, 0.6) is 5.75 Å². The highest BCUT2D eigenvalue weighted by Gasteiger charge is 2.64. The Morgan fingerprint density at radius 2 is 1.89 bits per heavy atom. The minimum Gasteiger partial charge on any atom is -0.508 e. The molecule has 11 heteroatoms. The van der Waals surface area contributed by atoms with Crippen LogP contribution >= 0.6 is 0 Å². The number of nitrogens with one attached hydrogen (secondary N) is 1. The molecule has 0 bridgehead atoms. The predicted octanol–water partition coefficient (Wildman–Crippen LogP) is 2.20. The fourth-order valence-electron chi connectivity index (χ4n) is 7.17. The lowest BCUT2D eigenvalue weighted by Gasteiger charge is -2.50. The number of primary amides is 1. The number of nitrogens with zero attached hydrogens (tertiary/aromatic N) is 2. The zero-order valence-electron chi connectivity index (χ0n) is 24.8. The largest absolute Gasteiger partial charge is 0.508 e. The van der Waals surface area contributed by atoms with Crippen LogP contribution in [0.15, 0.2) is 47.2 Å². The number of phenols is 1. The molecule has 0 aromatic heterocycles. The number of hydrogen-bond acceptors (Lipinski definition) is 10. The maximum atomic E-state index is 14.1. The topological polar surface area (TPSA) is 197 Å². The SMILES string of the molecule is CCc1ccc(CNCCC#N)cc1-c1ccc(O)c2c1CC1CC3C(N(C)C)C(=O)C(C(N)=O)=C(O)C3(O)C(=O)C1=C2O. The van der Waals surface area contributed by atoms with Crippen LogP contribution in [0.25, 0.3) is 16.9 Å². The van der Waals surface area contributed by atoms with Gasteiger partial charge in [0.15, 0.2) is 11.4 Å². The van der Waals surface area contributed by atoms with E-state index in [-0.39, 0.29) is 29.7 Å². The van der Waals surface area contributed by atoms with Gasteiger partial charge < -0.3 is 31.5 Å². The molecule has 1 fully saturated rings. The highest BCUT2D eigenvalue weighted by atomic mass is 16.3. The average Bonchev–Trinajstić information content (AvgIpc) is 2.97. The number of carbonyl (C=O) groups is 3. The maximum Gasteiger partial charge on any atom is 0.255 e. The Morgan fingerprint density at radius 3 is 2.52 bits per heavy atom. The smallest absolute Gasteiger partial charge is 0.255 e. The minimum atomic E-state index is -2.68. The summed E-state index contributed by atoms with van der Waals surface area (Å²) in [7, 11) is 3.13. The van der Waals surface area contributed by atoms with Gasteiger partial charge in [-0.1, -0.05) is 25.1 Å². The summed E-state index contributed by atoms with van der Waals surface area (Å²) in [6.07, 6.45) is 1.31. The van der Waals surface area contributed by atoms with Crippen LogP contribution in [0.3, 0.4) is 0 Å². The lowest BCUT2D eigenvalue weighted by molar-refractivity contribution is -0.153. The molecule has 4 unspecified atom stereocenters. The first-order valence-corrected chi connectivity index (χ1v) is 14.6. The number of fused-ring (bicyclic) bond motifs is 3. The number of hydrogen-bond donors (Lipinski definition) is 6. The third-order valence-electron chi connectivity index (χ3n) is 9.19. The van der Waals surface area contributed by atoms with Crippen molar-refractivity contribution in [1.29, 1.82) is 5.26 Å². The second-order valence-electron chi connectivity index (χ2n) is 11.9. The second-order valence-corrected chi connectivity index (χ2v) is 11.9. The summed E-state index contributed by atoms with van der Waals surface area (Å²) in [4.78, 5) is 41.1. The number of rotatable bonds is 8. The van der Waals surface area contributed by atoms with Gasteiger partial charge in [-0.3, -0.25) is 19.3 Å². The van der Waals surface area contributed by atoms with E-state index in [0.717, 1.165) is 22.3 Å². The normalized spacial score (nSPS) is 24.6. The Morgan fingerprint density at radius 1 is 1.16 bits per heavy atom. The first-order chi connectivity index (χ1) is 20.9. The molecule has 2 aromatic rings. The molecular formula is C33H36N4O7. The van der Waals surface area contributed by atoms with Crippen LogP contribution < -0.4 is 11.1 Å². The highest BCUT2D eigenvalue weighted by Crippen LogP contribution is 2.53. The van der Waals surface area contributed by atoms with Gasteiger partial charge in [0, 0.05) is 31.0 Å². The molecule has 11 nitrogen and oxygen atoms in total. The number of benzene rings is 2. The molecule has 0 heterocycles. The molecule has 4 atom stereocenters. The lowest BCUT2D eigenvalue weighted by Crippen LogP contribution is -2.65. The van der Waals surface area contributed by atoms with Gasteiger partial charge >= 0.3 is 0 Å². The minimum absolute atomic E-state index is 0.0182. The number of likely N-dealkylation sites (N-methyl/N-ethyl adjacent to an activating group) is 1. The summed E-state index contributed by atoms with van der Waals surface area (Å²) in [6, 6.07) is 10.2. The van der Waals surface area contributed by atoms with Gasteiger partial charge in [-0.05, 0) is 79.2 Å². The fraction of sp³-hybridized carbons (Fsp3) is 0.394. The lowest BCUT2D eigenvalue weighted by atomic mass is 9.57. The van der Waals surface area contributed by atoms with E-state index in [1.165, 1.54) is 11.0 Å². The summed E-state index contributed by atoms with van der Waals surface area (Å²) in [6.45, 7) is 3.10. The highest BCUT2D eigenvalue weighted by molar-refractivity contribution is 6.24. The molecule has 44 heavy (non-hydrogen) atoms. The Kier molecular flexibility index (Phi) is 8.11. The number of ketones is 2. The Balaban J connectivity index is 1.67. The zero-order valence-corrected chi connectivity index (χ0v) is 24.8. The van der Waals surface area contributed by atoms with Crippen LogP contribution in [-0.2, 0) is 33.8 Å². The molecule has 3 aliphatic carbocycles. The Hall–Kier alpha value is -4.50. The van der Waals surface area contributed by atoms with Crippen LogP contribution in [0.4, 0.5) is 0 Å². The average molecular weight is 601 g/mol. The first kappa shape index (κ1) is 30.9. The van der Waals surface area contributed by atoms with E-state index < -0.39 is 58.0 Å². The summed E-state index contributed by atoms with van der Waals surface area (Å²) in [5, 5.41) is 57.5. The molecule has 1 amide bonds. The van der Waals surface area contributed by atoms with Crippen molar-refractivity contribution in [2.45, 2.75) is 50.8 Å².